The molecule has 1 aliphatic carbocycles. The van der Waals surface area contributed by atoms with Crippen LogP contribution in [0.1, 0.15) is 61.6 Å². The van der Waals surface area contributed by atoms with Crippen molar-refractivity contribution >= 4 is 23.4 Å². The molecule has 2 unspecified atom stereocenters. The van der Waals surface area contributed by atoms with E-state index in [-0.39, 0.29) is 17.9 Å². The lowest BCUT2D eigenvalue weighted by Crippen LogP contribution is -2.39. The van der Waals surface area contributed by atoms with Gasteiger partial charge in [0.1, 0.15) is 0 Å². The van der Waals surface area contributed by atoms with Gasteiger partial charge in [0, 0.05) is 11.3 Å². The molecule has 0 spiro atoms. The van der Waals surface area contributed by atoms with Crippen LogP contribution in [0.25, 0.3) is 0 Å². The second-order valence-electron chi connectivity index (χ2n) is 5.75. The number of hydrogen-bond acceptors (Lipinski definition) is 4. The summed E-state index contributed by atoms with van der Waals surface area (Å²) < 4.78 is 0. The van der Waals surface area contributed by atoms with E-state index >= 15 is 0 Å². The molecule has 2 atom stereocenters. The van der Waals surface area contributed by atoms with Crippen LogP contribution >= 0.6 is 11.8 Å². The molecule has 5 nitrogen and oxygen atoms in total. The molecule has 4 N–H and O–H groups in total. The second-order valence-corrected chi connectivity index (χ2v) is 6.89. The van der Waals surface area contributed by atoms with Gasteiger partial charge in [0.15, 0.2) is 5.69 Å². The molecule has 6 heteroatoms. The van der Waals surface area contributed by atoms with Gasteiger partial charge in [0.2, 0.25) is 0 Å². The molecule has 1 aromatic rings. The van der Waals surface area contributed by atoms with E-state index in [0.717, 1.165) is 18.5 Å². The standard InChI is InChI=1S/C14H24N4OS/c1-8(2)12-11(15)13(18-17-12)14(19)16-9-5-4-6-10(7-9)20-3/h8-10H,4-7,15H2,1-3H3,(H,16,19)(H,17,18). The van der Waals surface area contributed by atoms with E-state index < -0.39 is 0 Å². The van der Waals surface area contributed by atoms with Crippen molar-refractivity contribution in [3.05, 3.63) is 11.4 Å². The molecule has 0 saturated heterocycles. The van der Waals surface area contributed by atoms with Crippen LogP contribution < -0.4 is 11.1 Å². The highest BCUT2D eigenvalue weighted by molar-refractivity contribution is 7.99. The number of thioether (sulfide) groups is 1. The Balaban J connectivity index is 2.01. The van der Waals surface area contributed by atoms with Gasteiger partial charge in [-0.1, -0.05) is 20.3 Å². The van der Waals surface area contributed by atoms with Gasteiger partial charge in [0.05, 0.1) is 11.4 Å². The maximum Gasteiger partial charge on any atom is 0.274 e. The molecule has 2 rings (SSSR count). The van der Waals surface area contributed by atoms with Gasteiger partial charge in [-0.3, -0.25) is 9.89 Å². The third kappa shape index (κ3) is 3.29. The Hall–Kier alpha value is -1.17. The number of nitrogens with two attached hydrogens (primary N) is 1. The average molecular weight is 296 g/mol. The number of H-pyrrole nitrogens is 1. The minimum Gasteiger partial charge on any atom is -0.395 e. The summed E-state index contributed by atoms with van der Waals surface area (Å²) in [6, 6.07) is 0.243. The van der Waals surface area contributed by atoms with E-state index in [1.54, 1.807) is 0 Å². The Labute approximate surface area is 124 Å². The highest BCUT2D eigenvalue weighted by atomic mass is 32.2. The van der Waals surface area contributed by atoms with E-state index in [0.29, 0.717) is 16.6 Å². The third-order valence-electron chi connectivity index (χ3n) is 3.92. The van der Waals surface area contributed by atoms with Gasteiger partial charge in [-0.15, -0.1) is 0 Å². The molecule has 0 bridgehead atoms. The zero-order chi connectivity index (χ0) is 14.7. The lowest BCUT2D eigenvalue weighted by atomic mass is 9.95. The van der Waals surface area contributed by atoms with Crippen molar-refractivity contribution in [1.82, 2.24) is 15.5 Å². The minimum absolute atomic E-state index is 0.155. The normalized spacial score (nSPS) is 23.0. The van der Waals surface area contributed by atoms with Crippen molar-refractivity contribution in [2.24, 2.45) is 0 Å². The third-order valence-corrected chi connectivity index (χ3v) is 5.02. The monoisotopic (exact) mass is 296 g/mol. The number of nitrogen functional groups attached to an aromatic ring is 1. The first kappa shape index (κ1) is 15.2. The fourth-order valence-electron chi connectivity index (χ4n) is 2.72. The number of aromatic amines is 1. The number of rotatable bonds is 4. The van der Waals surface area contributed by atoms with Gasteiger partial charge in [-0.05, 0) is 31.4 Å². The number of nitrogens with zero attached hydrogens (tertiary/aromatic N) is 1. The van der Waals surface area contributed by atoms with Crippen LogP contribution in [-0.4, -0.2) is 33.7 Å². The zero-order valence-electron chi connectivity index (χ0n) is 12.4. The molecule has 1 heterocycles. The molecular weight excluding hydrogens is 272 g/mol. The molecule has 1 aromatic heterocycles. The summed E-state index contributed by atoms with van der Waals surface area (Å²) >= 11 is 1.89. The van der Waals surface area contributed by atoms with E-state index in [9.17, 15) is 4.79 Å². The van der Waals surface area contributed by atoms with Crippen LogP contribution in [0.3, 0.4) is 0 Å². The Morgan fingerprint density at radius 3 is 2.85 bits per heavy atom. The van der Waals surface area contributed by atoms with Gasteiger partial charge >= 0.3 is 0 Å². The summed E-state index contributed by atoms with van der Waals surface area (Å²) in [5.74, 6) is 0.0806. The molecule has 1 fully saturated rings. The molecule has 0 aliphatic heterocycles. The topological polar surface area (TPSA) is 83.8 Å². The Kier molecular flexibility index (Phi) is 4.96. The van der Waals surface area contributed by atoms with Crippen LogP contribution in [-0.2, 0) is 0 Å². The first-order chi connectivity index (χ1) is 9.52. The smallest absolute Gasteiger partial charge is 0.274 e. The first-order valence-corrected chi connectivity index (χ1v) is 8.49. The number of aromatic nitrogens is 2. The van der Waals surface area contributed by atoms with Gasteiger partial charge in [-0.2, -0.15) is 16.9 Å². The van der Waals surface area contributed by atoms with Gasteiger partial charge in [0.25, 0.3) is 5.91 Å². The summed E-state index contributed by atoms with van der Waals surface area (Å²) in [7, 11) is 0. The predicted octanol–water partition coefficient (Wildman–Crippen LogP) is 2.52. The second kappa shape index (κ2) is 6.52. The number of amides is 1. The van der Waals surface area contributed by atoms with Crippen molar-refractivity contribution < 1.29 is 4.79 Å². The van der Waals surface area contributed by atoms with Crippen LogP contribution in [0.2, 0.25) is 0 Å². The first-order valence-electron chi connectivity index (χ1n) is 7.20. The molecule has 1 aliphatic rings. The quantitative estimate of drug-likeness (QED) is 0.797. The summed E-state index contributed by atoms with van der Waals surface area (Å²) in [5.41, 5.74) is 7.65. The van der Waals surface area contributed by atoms with Crippen molar-refractivity contribution in [3.63, 3.8) is 0 Å². The number of carbonyl (C=O) groups excluding carboxylic acids is 1. The van der Waals surface area contributed by atoms with Crippen LogP contribution in [0.4, 0.5) is 5.69 Å². The van der Waals surface area contributed by atoms with Gasteiger partial charge in [-0.25, -0.2) is 0 Å². The van der Waals surface area contributed by atoms with E-state index in [4.69, 9.17) is 5.73 Å². The van der Waals surface area contributed by atoms with Crippen LogP contribution in [0.15, 0.2) is 0 Å². The highest BCUT2D eigenvalue weighted by Crippen LogP contribution is 2.27. The summed E-state index contributed by atoms with van der Waals surface area (Å²) in [6.07, 6.45) is 6.63. The van der Waals surface area contributed by atoms with E-state index in [1.165, 1.54) is 12.8 Å². The van der Waals surface area contributed by atoms with Crippen molar-refractivity contribution in [1.29, 1.82) is 0 Å². The Bertz CT molecular complexity index is 472. The SMILES string of the molecule is CSC1CCCC(NC(=O)c2n[nH]c(C(C)C)c2N)C1. The molecule has 0 radical (unpaired) electrons. The number of hydrogen-bond donors (Lipinski definition) is 3. The lowest BCUT2D eigenvalue weighted by molar-refractivity contribution is 0.0924. The molecule has 0 aromatic carbocycles. The van der Waals surface area contributed by atoms with Crippen LogP contribution in [0, 0.1) is 0 Å². The van der Waals surface area contributed by atoms with Crippen LogP contribution in [0.5, 0.6) is 0 Å². The van der Waals surface area contributed by atoms with Crippen molar-refractivity contribution in [3.8, 4) is 0 Å². The fourth-order valence-corrected chi connectivity index (χ4v) is 3.55. The minimum atomic E-state index is -0.155. The number of nitrogens with one attached hydrogen (secondary N) is 2. The average Bonchev–Trinajstić information content (AvgIpc) is 2.81. The maximum atomic E-state index is 12.3. The van der Waals surface area contributed by atoms with E-state index in [1.807, 2.05) is 25.6 Å². The molecule has 20 heavy (non-hydrogen) atoms. The molecule has 1 saturated carbocycles. The predicted molar refractivity (Wildman–Crippen MR) is 84.1 cm³/mol. The number of anilines is 1. The Morgan fingerprint density at radius 1 is 1.50 bits per heavy atom. The van der Waals surface area contributed by atoms with Crippen molar-refractivity contribution in [2.45, 2.75) is 56.7 Å². The Morgan fingerprint density at radius 2 is 2.25 bits per heavy atom. The number of carbonyl (C=O) groups is 1. The van der Waals surface area contributed by atoms with Gasteiger partial charge < -0.3 is 11.1 Å². The molecular formula is C14H24N4OS. The largest absolute Gasteiger partial charge is 0.395 e. The van der Waals surface area contributed by atoms with E-state index in [2.05, 4.69) is 21.8 Å². The summed E-state index contributed by atoms with van der Waals surface area (Å²) in [4.78, 5) is 12.3. The van der Waals surface area contributed by atoms with Crippen molar-refractivity contribution in [2.75, 3.05) is 12.0 Å². The summed E-state index contributed by atoms with van der Waals surface area (Å²) in [6.45, 7) is 4.05. The molecule has 112 valence electrons. The summed E-state index contributed by atoms with van der Waals surface area (Å²) in [5, 5.41) is 10.7. The molecule has 1 amide bonds. The highest BCUT2D eigenvalue weighted by Gasteiger charge is 2.25. The zero-order valence-corrected chi connectivity index (χ0v) is 13.2. The maximum absolute atomic E-state index is 12.3. The lowest BCUT2D eigenvalue weighted by Gasteiger charge is -2.28. The fraction of sp³-hybridized carbons (Fsp3) is 0.714.